The Balaban J connectivity index is 1.92. The quantitative estimate of drug-likeness (QED) is 0.719. The van der Waals surface area contributed by atoms with Crippen LogP contribution in [-0.2, 0) is 13.0 Å². The number of nitrogens with zero attached hydrogens (tertiary/aromatic N) is 2. The first-order chi connectivity index (χ1) is 5.88. The fourth-order valence-electron chi connectivity index (χ4n) is 1.33. The average molecular weight is 166 g/mol. The highest BCUT2D eigenvalue weighted by Gasteiger charge is 2.21. The maximum absolute atomic E-state index is 8.69. The summed E-state index contributed by atoms with van der Waals surface area (Å²) < 4.78 is 1.99. The average Bonchev–Trinajstić information content (AvgIpc) is 2.74. The van der Waals surface area contributed by atoms with Gasteiger partial charge in [0.1, 0.15) is 0 Å². The molecule has 0 unspecified atom stereocenters. The molecule has 0 amide bonds. The predicted molar refractivity (Wildman–Crippen MR) is 45.7 cm³/mol. The molecule has 1 aliphatic carbocycles. The van der Waals surface area contributed by atoms with Crippen molar-refractivity contribution in [2.45, 2.75) is 25.8 Å². The Morgan fingerprint density at radius 3 is 3.08 bits per heavy atom. The summed E-state index contributed by atoms with van der Waals surface area (Å²) in [6.07, 6.45) is 7.32. The molecule has 2 rings (SSSR count). The molecule has 66 valence electrons. The van der Waals surface area contributed by atoms with Gasteiger partial charge in [0.2, 0.25) is 0 Å². The van der Waals surface area contributed by atoms with E-state index in [9.17, 15) is 0 Å². The highest BCUT2D eigenvalue weighted by molar-refractivity contribution is 5.04. The van der Waals surface area contributed by atoms with Gasteiger partial charge in [-0.1, -0.05) is 0 Å². The van der Waals surface area contributed by atoms with Crippen molar-refractivity contribution in [1.29, 1.82) is 0 Å². The number of rotatable bonds is 4. The summed E-state index contributed by atoms with van der Waals surface area (Å²) in [5.41, 5.74) is 1.14. The highest BCUT2D eigenvalue weighted by Crippen LogP contribution is 2.30. The van der Waals surface area contributed by atoms with E-state index in [1.165, 1.54) is 12.8 Å². The zero-order chi connectivity index (χ0) is 8.39. The summed E-state index contributed by atoms with van der Waals surface area (Å²) in [6.45, 7) is 1.28. The lowest BCUT2D eigenvalue weighted by Gasteiger charge is -1.96. The third kappa shape index (κ3) is 1.85. The van der Waals surface area contributed by atoms with Crippen LogP contribution in [0.2, 0.25) is 0 Å². The van der Waals surface area contributed by atoms with Gasteiger partial charge in [0.25, 0.3) is 0 Å². The van der Waals surface area contributed by atoms with Gasteiger partial charge in [0.05, 0.1) is 6.20 Å². The molecule has 1 fully saturated rings. The van der Waals surface area contributed by atoms with E-state index in [1.807, 2.05) is 17.1 Å². The van der Waals surface area contributed by atoms with Crippen molar-refractivity contribution in [3.05, 3.63) is 18.0 Å². The number of aliphatic hydroxyl groups excluding tert-OH is 1. The molecule has 0 spiro atoms. The van der Waals surface area contributed by atoms with Crippen LogP contribution in [0.15, 0.2) is 12.4 Å². The van der Waals surface area contributed by atoms with Crippen LogP contribution in [0.3, 0.4) is 0 Å². The summed E-state index contributed by atoms with van der Waals surface area (Å²) in [5.74, 6) is 0.867. The van der Waals surface area contributed by atoms with Crippen LogP contribution < -0.4 is 0 Å². The SMILES string of the molecule is OCCc1cnn(CC2CC2)c1. The van der Waals surface area contributed by atoms with Gasteiger partial charge >= 0.3 is 0 Å². The largest absolute Gasteiger partial charge is 0.396 e. The first-order valence-corrected chi connectivity index (χ1v) is 4.50. The number of aromatic nitrogens is 2. The van der Waals surface area contributed by atoms with Crippen molar-refractivity contribution in [2.75, 3.05) is 6.61 Å². The van der Waals surface area contributed by atoms with E-state index in [0.717, 1.165) is 24.4 Å². The van der Waals surface area contributed by atoms with Crippen LogP contribution in [0.25, 0.3) is 0 Å². The molecular weight excluding hydrogens is 152 g/mol. The zero-order valence-corrected chi connectivity index (χ0v) is 7.11. The Morgan fingerprint density at radius 1 is 1.58 bits per heavy atom. The van der Waals surface area contributed by atoms with E-state index in [0.29, 0.717) is 0 Å². The topological polar surface area (TPSA) is 38.1 Å². The van der Waals surface area contributed by atoms with Crippen LogP contribution in [0, 0.1) is 5.92 Å². The second-order valence-electron chi connectivity index (χ2n) is 3.49. The van der Waals surface area contributed by atoms with Crippen molar-refractivity contribution in [3.63, 3.8) is 0 Å². The van der Waals surface area contributed by atoms with Gasteiger partial charge in [-0.2, -0.15) is 5.10 Å². The Labute approximate surface area is 72.0 Å². The first kappa shape index (κ1) is 7.80. The van der Waals surface area contributed by atoms with Gasteiger partial charge in [-0.05, 0) is 30.7 Å². The molecule has 0 radical (unpaired) electrons. The van der Waals surface area contributed by atoms with Gasteiger partial charge in [-0.15, -0.1) is 0 Å². The zero-order valence-electron chi connectivity index (χ0n) is 7.11. The van der Waals surface area contributed by atoms with E-state index in [-0.39, 0.29) is 6.61 Å². The first-order valence-electron chi connectivity index (χ1n) is 4.50. The summed E-state index contributed by atoms with van der Waals surface area (Å²) in [7, 11) is 0. The fraction of sp³-hybridized carbons (Fsp3) is 0.667. The van der Waals surface area contributed by atoms with Crippen molar-refractivity contribution >= 4 is 0 Å². The molecule has 1 saturated carbocycles. The molecule has 0 aliphatic heterocycles. The molecular formula is C9H14N2O. The van der Waals surface area contributed by atoms with Crippen LogP contribution >= 0.6 is 0 Å². The number of hydrogen-bond acceptors (Lipinski definition) is 2. The molecule has 0 atom stereocenters. The minimum absolute atomic E-state index is 0.217. The monoisotopic (exact) mass is 166 g/mol. The normalized spacial score (nSPS) is 16.8. The van der Waals surface area contributed by atoms with Gasteiger partial charge in [0.15, 0.2) is 0 Å². The summed E-state index contributed by atoms with van der Waals surface area (Å²) in [4.78, 5) is 0. The van der Waals surface area contributed by atoms with Gasteiger partial charge < -0.3 is 5.11 Å². The Hall–Kier alpha value is -0.830. The molecule has 0 saturated heterocycles. The molecule has 12 heavy (non-hydrogen) atoms. The lowest BCUT2D eigenvalue weighted by molar-refractivity contribution is 0.299. The van der Waals surface area contributed by atoms with E-state index < -0.39 is 0 Å². The van der Waals surface area contributed by atoms with Gasteiger partial charge in [-0.3, -0.25) is 4.68 Å². The molecule has 0 aromatic carbocycles. The standard InChI is InChI=1S/C9H14N2O/c12-4-3-9-5-10-11(7-9)6-8-1-2-8/h5,7-8,12H,1-4,6H2. The molecule has 3 heteroatoms. The lowest BCUT2D eigenvalue weighted by Crippen LogP contribution is -1.99. The molecule has 1 aliphatic rings. The summed E-state index contributed by atoms with van der Waals surface area (Å²) in [5, 5.41) is 12.9. The summed E-state index contributed by atoms with van der Waals surface area (Å²) >= 11 is 0. The molecule has 3 nitrogen and oxygen atoms in total. The molecule has 0 bridgehead atoms. The number of aliphatic hydroxyl groups is 1. The maximum atomic E-state index is 8.69. The molecule has 1 aromatic rings. The minimum atomic E-state index is 0.217. The van der Waals surface area contributed by atoms with Crippen molar-refractivity contribution < 1.29 is 5.11 Å². The van der Waals surface area contributed by atoms with E-state index in [2.05, 4.69) is 5.10 Å². The van der Waals surface area contributed by atoms with E-state index in [4.69, 9.17) is 5.11 Å². The van der Waals surface area contributed by atoms with Crippen molar-refractivity contribution in [2.24, 2.45) is 5.92 Å². The van der Waals surface area contributed by atoms with E-state index in [1.54, 1.807) is 0 Å². The van der Waals surface area contributed by atoms with Crippen LogP contribution in [0.5, 0.6) is 0 Å². The third-order valence-electron chi connectivity index (χ3n) is 2.23. The van der Waals surface area contributed by atoms with Gasteiger partial charge in [-0.25, -0.2) is 0 Å². The van der Waals surface area contributed by atoms with Crippen LogP contribution in [0.1, 0.15) is 18.4 Å². The Bertz CT molecular complexity index is 253. The van der Waals surface area contributed by atoms with E-state index >= 15 is 0 Å². The Kier molecular flexibility index (Phi) is 2.13. The summed E-state index contributed by atoms with van der Waals surface area (Å²) in [6, 6.07) is 0. The second-order valence-corrected chi connectivity index (χ2v) is 3.49. The number of hydrogen-bond donors (Lipinski definition) is 1. The fourth-order valence-corrected chi connectivity index (χ4v) is 1.33. The van der Waals surface area contributed by atoms with Crippen LogP contribution in [0.4, 0.5) is 0 Å². The molecule has 1 heterocycles. The lowest BCUT2D eigenvalue weighted by atomic mass is 10.3. The van der Waals surface area contributed by atoms with Crippen LogP contribution in [-0.4, -0.2) is 21.5 Å². The Morgan fingerprint density at radius 2 is 2.42 bits per heavy atom. The molecule has 1 aromatic heterocycles. The minimum Gasteiger partial charge on any atom is -0.396 e. The second kappa shape index (κ2) is 3.27. The third-order valence-corrected chi connectivity index (χ3v) is 2.23. The van der Waals surface area contributed by atoms with Gasteiger partial charge in [0, 0.05) is 19.3 Å². The maximum Gasteiger partial charge on any atom is 0.0522 e. The molecule has 1 N–H and O–H groups in total. The highest BCUT2D eigenvalue weighted by atomic mass is 16.2. The predicted octanol–water partition coefficient (Wildman–Crippen LogP) is 0.828. The van der Waals surface area contributed by atoms with Crippen molar-refractivity contribution in [1.82, 2.24) is 9.78 Å². The smallest absolute Gasteiger partial charge is 0.0522 e. The van der Waals surface area contributed by atoms with Crippen molar-refractivity contribution in [3.8, 4) is 0 Å².